The molecule has 0 saturated heterocycles. The number of aliphatic hydroxyl groups excluding tert-OH is 1. The first-order valence-electron chi connectivity index (χ1n) is 4.82. The fraction of sp³-hybridized carbons (Fsp3) is 0.167. The molecule has 15 heavy (non-hydrogen) atoms. The summed E-state index contributed by atoms with van der Waals surface area (Å²) in [6, 6.07) is 9.95. The van der Waals surface area contributed by atoms with Crippen LogP contribution in [-0.2, 0) is 0 Å². The van der Waals surface area contributed by atoms with Crippen molar-refractivity contribution in [3.8, 4) is 11.1 Å². The Morgan fingerprint density at radius 2 is 1.87 bits per heavy atom. The molecule has 0 amide bonds. The van der Waals surface area contributed by atoms with Crippen LogP contribution in [0.2, 0.25) is 0 Å². The highest BCUT2D eigenvalue weighted by Gasteiger charge is 2.04. The van der Waals surface area contributed by atoms with Gasteiger partial charge in [0.2, 0.25) is 0 Å². The molecule has 1 unspecified atom stereocenters. The second kappa shape index (κ2) is 4.57. The van der Waals surface area contributed by atoms with Crippen LogP contribution in [0.4, 0.5) is 0 Å². The van der Waals surface area contributed by atoms with E-state index in [4.69, 9.17) is 5.73 Å². The zero-order chi connectivity index (χ0) is 10.7. The Morgan fingerprint density at radius 3 is 2.40 bits per heavy atom. The second-order valence-electron chi connectivity index (χ2n) is 3.39. The first-order chi connectivity index (χ1) is 7.31. The molecular formula is C12H13NOS. The van der Waals surface area contributed by atoms with Gasteiger partial charge in [-0.1, -0.05) is 24.3 Å². The molecule has 2 aromatic rings. The molecule has 0 spiro atoms. The summed E-state index contributed by atoms with van der Waals surface area (Å²) in [4.78, 5) is 0. The van der Waals surface area contributed by atoms with Gasteiger partial charge in [-0.2, -0.15) is 11.3 Å². The lowest BCUT2D eigenvalue weighted by Crippen LogP contribution is -2.11. The fourth-order valence-corrected chi connectivity index (χ4v) is 2.13. The third-order valence-electron chi connectivity index (χ3n) is 2.37. The molecule has 3 heteroatoms. The molecule has 1 heterocycles. The Labute approximate surface area is 93.0 Å². The van der Waals surface area contributed by atoms with Crippen molar-refractivity contribution in [2.45, 2.75) is 6.10 Å². The molecule has 2 nitrogen and oxygen atoms in total. The minimum absolute atomic E-state index is 0.262. The van der Waals surface area contributed by atoms with Gasteiger partial charge in [-0.15, -0.1) is 0 Å². The molecule has 0 radical (unpaired) electrons. The van der Waals surface area contributed by atoms with Crippen molar-refractivity contribution in [2.75, 3.05) is 6.54 Å². The summed E-state index contributed by atoms with van der Waals surface area (Å²) in [6.45, 7) is 0.262. The maximum atomic E-state index is 9.53. The summed E-state index contributed by atoms with van der Waals surface area (Å²) in [5.74, 6) is 0. The van der Waals surface area contributed by atoms with Gasteiger partial charge >= 0.3 is 0 Å². The van der Waals surface area contributed by atoms with Crippen LogP contribution in [0.5, 0.6) is 0 Å². The SMILES string of the molecule is NCC(O)c1ccc(-c2ccsc2)cc1. The number of hydrogen-bond acceptors (Lipinski definition) is 3. The second-order valence-corrected chi connectivity index (χ2v) is 4.17. The third-order valence-corrected chi connectivity index (χ3v) is 3.06. The minimum Gasteiger partial charge on any atom is -0.387 e. The molecule has 1 aromatic carbocycles. The van der Waals surface area contributed by atoms with Crippen LogP contribution < -0.4 is 5.73 Å². The highest BCUT2D eigenvalue weighted by Crippen LogP contribution is 2.23. The Kier molecular flexibility index (Phi) is 3.16. The zero-order valence-corrected chi connectivity index (χ0v) is 9.08. The molecule has 0 bridgehead atoms. The smallest absolute Gasteiger partial charge is 0.0912 e. The van der Waals surface area contributed by atoms with Crippen molar-refractivity contribution >= 4 is 11.3 Å². The normalized spacial score (nSPS) is 12.7. The van der Waals surface area contributed by atoms with Crippen molar-refractivity contribution < 1.29 is 5.11 Å². The van der Waals surface area contributed by atoms with E-state index < -0.39 is 6.10 Å². The zero-order valence-electron chi connectivity index (χ0n) is 8.26. The van der Waals surface area contributed by atoms with Crippen LogP contribution in [0, 0.1) is 0 Å². The molecule has 0 aliphatic rings. The Morgan fingerprint density at radius 1 is 1.13 bits per heavy atom. The van der Waals surface area contributed by atoms with Gasteiger partial charge in [0.25, 0.3) is 0 Å². The van der Waals surface area contributed by atoms with Gasteiger partial charge in [-0.3, -0.25) is 0 Å². The molecule has 0 saturated carbocycles. The van der Waals surface area contributed by atoms with Gasteiger partial charge in [0, 0.05) is 6.54 Å². The van der Waals surface area contributed by atoms with Crippen LogP contribution in [0.25, 0.3) is 11.1 Å². The Bertz CT molecular complexity index is 408. The predicted molar refractivity (Wildman–Crippen MR) is 63.8 cm³/mol. The average Bonchev–Trinajstić information content (AvgIpc) is 2.82. The summed E-state index contributed by atoms with van der Waals surface area (Å²) < 4.78 is 0. The molecule has 1 atom stereocenters. The number of nitrogens with two attached hydrogens (primary N) is 1. The van der Waals surface area contributed by atoms with E-state index in [1.165, 1.54) is 11.1 Å². The minimum atomic E-state index is -0.554. The third kappa shape index (κ3) is 2.26. The summed E-state index contributed by atoms with van der Waals surface area (Å²) in [5.41, 5.74) is 8.65. The van der Waals surface area contributed by atoms with E-state index in [0.717, 1.165) is 5.56 Å². The molecular weight excluding hydrogens is 206 g/mol. The average molecular weight is 219 g/mol. The van der Waals surface area contributed by atoms with Crippen LogP contribution in [0.1, 0.15) is 11.7 Å². The summed E-state index contributed by atoms with van der Waals surface area (Å²) in [6.07, 6.45) is -0.554. The van der Waals surface area contributed by atoms with Crippen LogP contribution in [0.15, 0.2) is 41.1 Å². The first-order valence-corrected chi connectivity index (χ1v) is 5.76. The number of thiophene rings is 1. The maximum Gasteiger partial charge on any atom is 0.0912 e. The lowest BCUT2D eigenvalue weighted by Gasteiger charge is -2.08. The van der Waals surface area contributed by atoms with Crippen molar-refractivity contribution in [2.24, 2.45) is 5.73 Å². The molecule has 0 aliphatic heterocycles. The van der Waals surface area contributed by atoms with E-state index in [9.17, 15) is 5.11 Å². The lowest BCUT2D eigenvalue weighted by atomic mass is 10.0. The number of hydrogen-bond donors (Lipinski definition) is 2. The van der Waals surface area contributed by atoms with Gasteiger partial charge in [0.1, 0.15) is 0 Å². The van der Waals surface area contributed by atoms with Gasteiger partial charge in [-0.05, 0) is 33.5 Å². The van der Waals surface area contributed by atoms with Gasteiger partial charge < -0.3 is 10.8 Å². The molecule has 0 fully saturated rings. The lowest BCUT2D eigenvalue weighted by molar-refractivity contribution is 0.187. The molecule has 1 aromatic heterocycles. The molecule has 3 N–H and O–H groups in total. The molecule has 2 rings (SSSR count). The Hall–Kier alpha value is -1.16. The van der Waals surface area contributed by atoms with Crippen LogP contribution in [0.3, 0.4) is 0 Å². The predicted octanol–water partition coefficient (Wildman–Crippen LogP) is 2.41. The van der Waals surface area contributed by atoms with Gasteiger partial charge in [0.15, 0.2) is 0 Å². The standard InChI is InChI=1S/C12H13NOS/c13-7-12(14)10-3-1-9(2-4-10)11-5-6-15-8-11/h1-6,8,12,14H,7,13H2. The van der Waals surface area contributed by atoms with E-state index in [1.807, 2.05) is 24.3 Å². The number of benzene rings is 1. The van der Waals surface area contributed by atoms with Crippen molar-refractivity contribution in [1.29, 1.82) is 0 Å². The monoisotopic (exact) mass is 219 g/mol. The summed E-state index contributed by atoms with van der Waals surface area (Å²) >= 11 is 1.68. The van der Waals surface area contributed by atoms with Crippen LogP contribution >= 0.6 is 11.3 Å². The van der Waals surface area contributed by atoms with E-state index in [0.29, 0.717) is 0 Å². The van der Waals surface area contributed by atoms with Crippen molar-refractivity contribution in [3.63, 3.8) is 0 Å². The quantitative estimate of drug-likeness (QED) is 0.832. The molecule has 0 aliphatic carbocycles. The van der Waals surface area contributed by atoms with Crippen molar-refractivity contribution in [3.05, 3.63) is 46.7 Å². The molecule has 78 valence electrons. The van der Waals surface area contributed by atoms with Gasteiger partial charge in [-0.25, -0.2) is 0 Å². The van der Waals surface area contributed by atoms with E-state index in [-0.39, 0.29) is 6.54 Å². The van der Waals surface area contributed by atoms with E-state index in [2.05, 4.69) is 16.8 Å². The van der Waals surface area contributed by atoms with Crippen LogP contribution in [-0.4, -0.2) is 11.7 Å². The van der Waals surface area contributed by atoms with Gasteiger partial charge in [0.05, 0.1) is 6.10 Å². The first kappa shape index (κ1) is 10.4. The van der Waals surface area contributed by atoms with E-state index >= 15 is 0 Å². The largest absolute Gasteiger partial charge is 0.387 e. The maximum absolute atomic E-state index is 9.53. The van der Waals surface area contributed by atoms with E-state index in [1.54, 1.807) is 11.3 Å². The Balaban J connectivity index is 2.25. The summed E-state index contributed by atoms with van der Waals surface area (Å²) in [7, 11) is 0. The van der Waals surface area contributed by atoms with Crippen molar-refractivity contribution in [1.82, 2.24) is 0 Å². The fourth-order valence-electron chi connectivity index (χ4n) is 1.46. The number of aliphatic hydroxyl groups is 1. The summed E-state index contributed by atoms with van der Waals surface area (Å²) in [5, 5.41) is 13.7. The number of rotatable bonds is 3. The highest BCUT2D eigenvalue weighted by atomic mass is 32.1. The highest BCUT2D eigenvalue weighted by molar-refractivity contribution is 7.08. The topological polar surface area (TPSA) is 46.2 Å².